The van der Waals surface area contributed by atoms with Crippen LogP contribution in [0.1, 0.15) is 76.7 Å². The number of ether oxygens (including phenoxy) is 1. The molecule has 10 heteroatoms. The van der Waals surface area contributed by atoms with E-state index in [9.17, 15) is 27.5 Å². The molecule has 1 unspecified atom stereocenters. The van der Waals surface area contributed by atoms with Crippen molar-refractivity contribution in [3.05, 3.63) is 35.4 Å². The van der Waals surface area contributed by atoms with Gasteiger partial charge in [0.15, 0.2) is 11.6 Å². The standard InChI is InChI=1S/C29H45F4N3O3/c1-3-39-17-5-4-13-29(38,24-9-6-10-25(30)26(24)31)22-8-7-16-36(20-22)27(37)35-23(19-34-2)18-21-11-14-28(32,33)15-12-21/h6,9-10,21-23,34,38H,3-5,7-8,11-20H2,1-2H3,(H,35,37)/t22-,23?,29+/m1/s1. The second-order valence-electron chi connectivity index (χ2n) is 11.2. The Morgan fingerprint density at radius 3 is 2.67 bits per heavy atom. The minimum atomic E-state index is -2.60. The van der Waals surface area contributed by atoms with Crippen LogP contribution >= 0.6 is 0 Å². The molecule has 0 spiro atoms. The quantitative estimate of drug-likeness (QED) is 0.218. The molecule has 1 heterocycles. The van der Waals surface area contributed by atoms with Gasteiger partial charge in [-0.25, -0.2) is 22.4 Å². The molecule has 2 aliphatic rings. The first-order valence-electron chi connectivity index (χ1n) is 14.4. The van der Waals surface area contributed by atoms with Crippen molar-refractivity contribution >= 4 is 6.03 Å². The number of likely N-dealkylation sites (N-methyl/N-ethyl adjacent to an activating group) is 1. The molecule has 222 valence electrons. The number of nitrogens with one attached hydrogen (secondary N) is 2. The molecule has 1 saturated heterocycles. The first kappa shape index (κ1) is 31.6. The molecule has 6 nitrogen and oxygen atoms in total. The molecule has 0 aromatic heterocycles. The molecule has 1 aromatic carbocycles. The van der Waals surface area contributed by atoms with Crippen LogP contribution in [0.15, 0.2) is 18.2 Å². The Labute approximate surface area is 229 Å². The Morgan fingerprint density at radius 2 is 1.97 bits per heavy atom. The van der Waals surface area contributed by atoms with E-state index in [1.165, 1.54) is 12.1 Å². The first-order valence-corrected chi connectivity index (χ1v) is 14.4. The van der Waals surface area contributed by atoms with E-state index in [1.807, 2.05) is 6.92 Å². The van der Waals surface area contributed by atoms with Crippen LogP contribution in [-0.2, 0) is 10.3 Å². The van der Waals surface area contributed by atoms with Crippen LogP contribution in [0.4, 0.5) is 22.4 Å². The van der Waals surface area contributed by atoms with Crippen LogP contribution in [0.25, 0.3) is 0 Å². The number of halogens is 4. The Balaban J connectivity index is 1.69. The van der Waals surface area contributed by atoms with Crippen molar-refractivity contribution in [1.82, 2.24) is 15.5 Å². The number of nitrogens with zero attached hydrogens (tertiary/aromatic N) is 1. The van der Waals surface area contributed by atoms with Gasteiger partial charge in [0.1, 0.15) is 0 Å². The topological polar surface area (TPSA) is 73.8 Å². The molecule has 1 aliphatic heterocycles. The number of unbranched alkanes of at least 4 members (excludes halogenated alkanes) is 1. The smallest absolute Gasteiger partial charge is 0.317 e. The monoisotopic (exact) mass is 559 g/mol. The summed E-state index contributed by atoms with van der Waals surface area (Å²) in [6.07, 6.45) is 3.87. The number of carbonyl (C=O) groups excluding carboxylic acids is 1. The zero-order valence-electron chi connectivity index (χ0n) is 23.3. The lowest BCUT2D eigenvalue weighted by atomic mass is 9.74. The highest BCUT2D eigenvalue weighted by Gasteiger charge is 2.43. The first-order chi connectivity index (χ1) is 18.6. The molecule has 2 amide bonds. The Kier molecular flexibility index (Phi) is 11.9. The van der Waals surface area contributed by atoms with Gasteiger partial charge in [0.2, 0.25) is 5.92 Å². The number of piperidine rings is 1. The summed E-state index contributed by atoms with van der Waals surface area (Å²) in [6, 6.07) is 3.34. The number of hydrogen-bond acceptors (Lipinski definition) is 4. The van der Waals surface area contributed by atoms with Crippen LogP contribution < -0.4 is 10.6 Å². The summed E-state index contributed by atoms with van der Waals surface area (Å²) < 4.78 is 61.7. The van der Waals surface area contributed by atoms with Crippen LogP contribution in [-0.4, -0.2) is 67.9 Å². The van der Waals surface area contributed by atoms with Gasteiger partial charge in [-0.2, -0.15) is 0 Å². The third kappa shape index (κ3) is 8.79. The Hall–Kier alpha value is -1.91. The van der Waals surface area contributed by atoms with E-state index in [2.05, 4.69) is 10.6 Å². The third-order valence-corrected chi connectivity index (χ3v) is 8.34. The van der Waals surface area contributed by atoms with Gasteiger partial charge in [-0.3, -0.25) is 0 Å². The summed E-state index contributed by atoms with van der Waals surface area (Å²) >= 11 is 0. The zero-order valence-corrected chi connectivity index (χ0v) is 23.3. The lowest BCUT2D eigenvalue weighted by Gasteiger charge is -2.43. The van der Waals surface area contributed by atoms with E-state index in [-0.39, 0.29) is 49.4 Å². The molecule has 3 atom stereocenters. The fourth-order valence-electron chi connectivity index (χ4n) is 6.13. The molecule has 2 fully saturated rings. The number of rotatable bonds is 13. The summed E-state index contributed by atoms with van der Waals surface area (Å²) in [4.78, 5) is 15.0. The normalized spacial score (nSPS) is 22.3. The van der Waals surface area contributed by atoms with Gasteiger partial charge in [-0.05, 0) is 77.3 Å². The second-order valence-corrected chi connectivity index (χ2v) is 11.2. The number of aliphatic hydroxyl groups is 1. The number of carbonyl (C=O) groups is 1. The summed E-state index contributed by atoms with van der Waals surface area (Å²) in [5.41, 5.74) is -1.72. The number of amides is 2. The van der Waals surface area contributed by atoms with Crippen LogP contribution in [0.5, 0.6) is 0 Å². The molecule has 1 aliphatic carbocycles. The molecular formula is C29H45F4N3O3. The highest BCUT2D eigenvalue weighted by molar-refractivity contribution is 5.74. The summed E-state index contributed by atoms with van der Waals surface area (Å²) in [5.74, 6) is -5.03. The van der Waals surface area contributed by atoms with Crippen LogP contribution in [0.2, 0.25) is 0 Å². The summed E-state index contributed by atoms with van der Waals surface area (Å²) in [6.45, 7) is 4.19. The van der Waals surface area contributed by atoms with Crippen molar-refractivity contribution in [2.75, 3.05) is 39.9 Å². The predicted octanol–water partition coefficient (Wildman–Crippen LogP) is 5.58. The molecule has 1 saturated carbocycles. The molecule has 3 rings (SSSR count). The summed E-state index contributed by atoms with van der Waals surface area (Å²) in [5, 5.41) is 18.1. The van der Waals surface area contributed by atoms with Gasteiger partial charge < -0.3 is 25.4 Å². The molecule has 39 heavy (non-hydrogen) atoms. The largest absolute Gasteiger partial charge is 0.385 e. The molecular weight excluding hydrogens is 514 g/mol. The molecule has 0 radical (unpaired) electrons. The molecule has 3 N–H and O–H groups in total. The zero-order chi connectivity index (χ0) is 28.5. The minimum Gasteiger partial charge on any atom is -0.385 e. The van der Waals surface area contributed by atoms with E-state index in [4.69, 9.17) is 4.74 Å². The lowest BCUT2D eigenvalue weighted by molar-refractivity contribution is -0.0595. The van der Waals surface area contributed by atoms with Crippen LogP contribution in [0, 0.1) is 23.5 Å². The van der Waals surface area contributed by atoms with Crippen LogP contribution in [0.3, 0.4) is 0 Å². The van der Waals surface area contributed by atoms with Gasteiger partial charge >= 0.3 is 6.03 Å². The number of alkyl halides is 2. The van der Waals surface area contributed by atoms with E-state index in [0.29, 0.717) is 71.2 Å². The van der Waals surface area contributed by atoms with E-state index in [0.717, 1.165) is 6.07 Å². The van der Waals surface area contributed by atoms with Gasteiger partial charge in [-0.1, -0.05) is 12.1 Å². The van der Waals surface area contributed by atoms with Gasteiger partial charge in [-0.15, -0.1) is 0 Å². The van der Waals surface area contributed by atoms with Gasteiger partial charge in [0.25, 0.3) is 0 Å². The van der Waals surface area contributed by atoms with Crippen molar-refractivity contribution in [3.63, 3.8) is 0 Å². The highest BCUT2D eigenvalue weighted by Crippen LogP contribution is 2.41. The number of hydrogen-bond donors (Lipinski definition) is 3. The fraction of sp³-hybridized carbons (Fsp3) is 0.759. The van der Waals surface area contributed by atoms with Crippen molar-refractivity contribution in [2.45, 2.75) is 88.7 Å². The van der Waals surface area contributed by atoms with Gasteiger partial charge in [0.05, 0.1) is 5.60 Å². The fourth-order valence-corrected chi connectivity index (χ4v) is 6.13. The molecule has 1 aromatic rings. The maximum atomic E-state index is 15.0. The maximum absolute atomic E-state index is 15.0. The van der Waals surface area contributed by atoms with E-state index in [1.54, 1.807) is 11.9 Å². The highest BCUT2D eigenvalue weighted by atomic mass is 19.3. The van der Waals surface area contributed by atoms with Crippen molar-refractivity contribution in [1.29, 1.82) is 0 Å². The number of urea groups is 1. The number of likely N-dealkylation sites (tertiary alicyclic amines) is 1. The SMILES string of the molecule is CCOCCCC[C@@](O)(c1cccc(F)c1F)[C@@H]1CCCN(C(=O)NC(CNC)CC2CCC(F)(F)CC2)C1. The van der Waals surface area contributed by atoms with Crippen molar-refractivity contribution in [3.8, 4) is 0 Å². The number of benzene rings is 1. The average Bonchev–Trinajstić information content (AvgIpc) is 2.91. The minimum absolute atomic E-state index is 0.0756. The van der Waals surface area contributed by atoms with E-state index < -0.39 is 29.1 Å². The lowest BCUT2D eigenvalue weighted by Crippen LogP contribution is -2.54. The predicted molar refractivity (Wildman–Crippen MR) is 143 cm³/mol. The molecule has 0 bridgehead atoms. The van der Waals surface area contributed by atoms with E-state index >= 15 is 0 Å². The van der Waals surface area contributed by atoms with Crippen molar-refractivity contribution in [2.24, 2.45) is 11.8 Å². The Bertz CT molecular complexity index is 912. The maximum Gasteiger partial charge on any atom is 0.317 e. The van der Waals surface area contributed by atoms with Gasteiger partial charge in [0, 0.05) is 63.2 Å². The second kappa shape index (κ2) is 14.6. The Morgan fingerprint density at radius 1 is 1.23 bits per heavy atom. The third-order valence-electron chi connectivity index (χ3n) is 8.34. The summed E-state index contributed by atoms with van der Waals surface area (Å²) in [7, 11) is 1.78. The average molecular weight is 560 g/mol. The van der Waals surface area contributed by atoms with Crippen molar-refractivity contribution < 1.29 is 32.2 Å².